The fraction of sp³-hybridized carbons (Fsp3) is 0.389. The molecule has 0 radical (unpaired) electrons. The molecule has 1 atom stereocenters. The second-order valence-electron chi connectivity index (χ2n) is 5.89. The molecule has 2 amide bonds. The summed E-state index contributed by atoms with van der Waals surface area (Å²) in [5.74, 6) is -2.32. The molecule has 138 valence electrons. The van der Waals surface area contributed by atoms with Gasteiger partial charge in [0.05, 0.1) is 18.9 Å². The summed E-state index contributed by atoms with van der Waals surface area (Å²) in [4.78, 5) is 30.0. The van der Waals surface area contributed by atoms with Gasteiger partial charge in [-0.2, -0.15) is 0 Å². The Morgan fingerprint density at radius 2 is 2.08 bits per heavy atom. The number of nitrogens with two attached hydrogens (primary N) is 1. The minimum absolute atomic E-state index is 0.226. The van der Waals surface area contributed by atoms with Crippen molar-refractivity contribution in [3.63, 3.8) is 0 Å². The lowest BCUT2D eigenvalue weighted by Gasteiger charge is -2.26. The smallest absolute Gasteiger partial charge is 0.238 e. The number of amides is 2. The number of primary amides is 1. The van der Waals surface area contributed by atoms with E-state index in [1.807, 2.05) is 30.3 Å². The number of hydrogen-bond acceptors (Lipinski definition) is 6. The van der Waals surface area contributed by atoms with Crippen LogP contribution in [-0.4, -0.2) is 48.0 Å². The molecular weight excluding hydrogens is 352 g/mol. The average Bonchev–Trinajstić information content (AvgIpc) is 3.13. The quantitative estimate of drug-likeness (QED) is 0.748. The van der Waals surface area contributed by atoms with Gasteiger partial charge in [-0.25, -0.2) is 4.98 Å². The highest BCUT2D eigenvalue weighted by Crippen LogP contribution is 2.32. The standard InChI is InChI=1S/C18H22N4O3S/c1-12(16(19)23)17(24)21-18-20-15(13-5-3-2-4-6-13)14(26-18)11-22-7-9-25-10-8-22/h2-6,12H,7-11H2,1H3,(H2,19,23)(H,20,21,24)/i11D2. The van der Waals surface area contributed by atoms with Crippen LogP contribution in [0.4, 0.5) is 5.13 Å². The number of carbonyl (C=O) groups excluding carboxylic acids is 2. The predicted octanol–water partition coefficient (Wildman–Crippen LogP) is 1.70. The summed E-state index contributed by atoms with van der Waals surface area (Å²) in [6.45, 7) is 1.46. The molecule has 0 spiro atoms. The van der Waals surface area contributed by atoms with Gasteiger partial charge in [0, 0.05) is 32.8 Å². The number of anilines is 1. The van der Waals surface area contributed by atoms with Crippen LogP contribution in [0.3, 0.4) is 0 Å². The summed E-state index contributed by atoms with van der Waals surface area (Å²) in [6.07, 6.45) is 0. The molecule has 7 nitrogen and oxygen atoms in total. The largest absolute Gasteiger partial charge is 0.379 e. The summed E-state index contributed by atoms with van der Waals surface area (Å²) < 4.78 is 22.8. The van der Waals surface area contributed by atoms with Gasteiger partial charge >= 0.3 is 0 Å². The number of ether oxygens (including phenoxy) is 1. The number of carbonyl (C=O) groups is 2. The zero-order valence-electron chi connectivity index (χ0n) is 16.4. The predicted molar refractivity (Wildman–Crippen MR) is 101 cm³/mol. The third-order valence-electron chi connectivity index (χ3n) is 4.00. The Morgan fingerprint density at radius 1 is 1.38 bits per heavy atom. The van der Waals surface area contributed by atoms with Crippen LogP contribution in [0.25, 0.3) is 11.3 Å². The summed E-state index contributed by atoms with van der Waals surface area (Å²) >= 11 is 1.06. The van der Waals surface area contributed by atoms with Crippen molar-refractivity contribution in [2.24, 2.45) is 11.7 Å². The molecule has 3 N–H and O–H groups in total. The van der Waals surface area contributed by atoms with Crippen LogP contribution in [0.5, 0.6) is 0 Å². The van der Waals surface area contributed by atoms with Crippen molar-refractivity contribution >= 4 is 28.3 Å². The number of hydrogen-bond donors (Lipinski definition) is 2. The Labute approximate surface area is 159 Å². The van der Waals surface area contributed by atoms with Crippen LogP contribution >= 0.6 is 11.3 Å². The third kappa shape index (κ3) is 4.46. The SMILES string of the molecule is [2H]C([2H])(c1sc(NC(=O)C(C)C(N)=O)nc1-c1ccccc1)N1CCOCC1. The molecule has 1 unspecified atom stereocenters. The number of benzene rings is 1. The minimum atomic E-state index is -1.79. The van der Waals surface area contributed by atoms with E-state index in [-0.39, 0.29) is 5.13 Å². The van der Waals surface area contributed by atoms with Gasteiger partial charge in [0.2, 0.25) is 11.8 Å². The Balaban J connectivity index is 1.98. The van der Waals surface area contributed by atoms with E-state index in [4.69, 9.17) is 13.2 Å². The van der Waals surface area contributed by atoms with E-state index in [9.17, 15) is 9.59 Å². The molecule has 26 heavy (non-hydrogen) atoms. The first-order chi connectivity index (χ1) is 13.3. The molecule has 1 aromatic heterocycles. The van der Waals surface area contributed by atoms with Gasteiger partial charge in [-0.1, -0.05) is 41.7 Å². The number of thiazole rings is 1. The Kier molecular flexibility index (Phi) is 5.14. The first-order valence-corrected chi connectivity index (χ1v) is 9.12. The first kappa shape index (κ1) is 15.9. The zero-order valence-corrected chi connectivity index (χ0v) is 15.2. The molecule has 1 fully saturated rings. The molecule has 1 aliphatic heterocycles. The Bertz CT molecular complexity index is 854. The Hall–Kier alpha value is -2.29. The van der Waals surface area contributed by atoms with Crippen LogP contribution in [0.1, 0.15) is 14.5 Å². The lowest BCUT2D eigenvalue weighted by atomic mass is 10.1. The van der Waals surface area contributed by atoms with Gasteiger partial charge in [-0.05, 0) is 6.92 Å². The zero-order chi connectivity index (χ0) is 20.3. The van der Waals surface area contributed by atoms with Crippen molar-refractivity contribution in [2.75, 3.05) is 31.6 Å². The normalized spacial score (nSPS) is 17.9. The Morgan fingerprint density at radius 3 is 2.73 bits per heavy atom. The third-order valence-corrected chi connectivity index (χ3v) is 4.87. The van der Waals surface area contributed by atoms with Gasteiger partial charge < -0.3 is 15.8 Å². The van der Waals surface area contributed by atoms with Crippen molar-refractivity contribution in [3.8, 4) is 11.3 Å². The number of morpholine rings is 1. The van der Waals surface area contributed by atoms with Crippen molar-refractivity contribution in [1.29, 1.82) is 0 Å². The minimum Gasteiger partial charge on any atom is -0.379 e. The molecule has 2 heterocycles. The molecular formula is C18H22N4O3S. The average molecular weight is 376 g/mol. The summed E-state index contributed by atoms with van der Waals surface area (Å²) in [7, 11) is 0. The van der Waals surface area contributed by atoms with Crippen molar-refractivity contribution in [2.45, 2.75) is 13.4 Å². The molecule has 8 heteroatoms. The molecule has 1 aromatic carbocycles. The highest BCUT2D eigenvalue weighted by atomic mass is 32.1. The van der Waals surface area contributed by atoms with Crippen LogP contribution in [0.15, 0.2) is 30.3 Å². The maximum Gasteiger partial charge on any atom is 0.238 e. The molecule has 0 bridgehead atoms. The maximum atomic E-state index is 12.2. The van der Waals surface area contributed by atoms with Crippen molar-refractivity contribution < 1.29 is 17.1 Å². The first-order valence-electron chi connectivity index (χ1n) is 9.30. The molecule has 0 aliphatic carbocycles. The lowest BCUT2D eigenvalue weighted by Crippen LogP contribution is -2.35. The molecule has 1 aliphatic rings. The molecule has 2 aromatic rings. The van der Waals surface area contributed by atoms with E-state index in [0.717, 1.165) is 16.9 Å². The summed E-state index contributed by atoms with van der Waals surface area (Å²) in [6, 6.07) is 9.23. The molecule has 3 rings (SSSR count). The highest BCUT2D eigenvalue weighted by molar-refractivity contribution is 7.16. The van der Waals surface area contributed by atoms with Crippen LogP contribution in [-0.2, 0) is 20.8 Å². The second kappa shape index (κ2) is 8.39. The number of rotatable bonds is 6. The van der Waals surface area contributed by atoms with E-state index >= 15 is 0 Å². The van der Waals surface area contributed by atoms with Crippen molar-refractivity contribution in [3.05, 3.63) is 35.2 Å². The van der Waals surface area contributed by atoms with Gasteiger partial charge in [0.1, 0.15) is 5.92 Å². The van der Waals surface area contributed by atoms with Gasteiger partial charge in [-0.15, -0.1) is 0 Å². The topological polar surface area (TPSA) is 97.5 Å². The van der Waals surface area contributed by atoms with Crippen LogP contribution < -0.4 is 11.1 Å². The van der Waals surface area contributed by atoms with E-state index in [0.29, 0.717) is 36.9 Å². The van der Waals surface area contributed by atoms with Gasteiger partial charge in [0.15, 0.2) is 5.13 Å². The fourth-order valence-corrected chi connectivity index (χ4v) is 3.32. The van der Waals surface area contributed by atoms with Crippen LogP contribution in [0.2, 0.25) is 0 Å². The number of aromatic nitrogens is 1. The van der Waals surface area contributed by atoms with Gasteiger partial charge in [-0.3, -0.25) is 14.5 Å². The lowest BCUT2D eigenvalue weighted by molar-refractivity contribution is -0.129. The molecule has 1 saturated heterocycles. The number of nitrogens with one attached hydrogen (secondary N) is 1. The second-order valence-corrected chi connectivity index (χ2v) is 6.89. The van der Waals surface area contributed by atoms with E-state index in [1.54, 1.807) is 4.90 Å². The van der Waals surface area contributed by atoms with Crippen LogP contribution in [0, 0.1) is 5.92 Å². The maximum absolute atomic E-state index is 12.2. The highest BCUT2D eigenvalue weighted by Gasteiger charge is 2.22. The van der Waals surface area contributed by atoms with E-state index < -0.39 is 24.2 Å². The fourth-order valence-electron chi connectivity index (χ4n) is 2.40. The van der Waals surface area contributed by atoms with Gasteiger partial charge in [0.25, 0.3) is 0 Å². The van der Waals surface area contributed by atoms with E-state index in [2.05, 4.69) is 10.3 Å². The molecule has 0 saturated carbocycles. The van der Waals surface area contributed by atoms with Crippen molar-refractivity contribution in [1.82, 2.24) is 9.88 Å². The summed E-state index contributed by atoms with van der Waals surface area (Å²) in [5.41, 5.74) is 6.40. The number of nitrogens with zero attached hydrogens (tertiary/aromatic N) is 2. The monoisotopic (exact) mass is 376 g/mol. The summed E-state index contributed by atoms with van der Waals surface area (Å²) in [5, 5.41) is 2.81. The van der Waals surface area contributed by atoms with E-state index in [1.165, 1.54) is 6.92 Å².